The smallest absolute Gasteiger partial charge is 0.306 e. The summed E-state index contributed by atoms with van der Waals surface area (Å²) in [6.07, 6.45) is 2.34. The maximum atomic E-state index is 11.7. The van der Waals surface area contributed by atoms with Crippen molar-refractivity contribution < 1.29 is 33.3 Å². The van der Waals surface area contributed by atoms with Gasteiger partial charge in [0.2, 0.25) is 0 Å². The molecule has 1 aromatic carbocycles. The van der Waals surface area contributed by atoms with Gasteiger partial charge in [-0.15, -0.1) is 0 Å². The molecule has 0 atom stereocenters. The number of nitriles is 1. The Labute approximate surface area is 191 Å². The Bertz CT molecular complexity index is 1060. The molecule has 9 heteroatoms. The first-order valence-corrected chi connectivity index (χ1v) is 10.5. The Kier molecular flexibility index (Phi) is 7.97. The lowest BCUT2D eigenvalue weighted by atomic mass is 10.1. The van der Waals surface area contributed by atoms with Crippen LogP contribution in [-0.4, -0.2) is 50.5 Å². The third kappa shape index (κ3) is 6.29. The quantitative estimate of drug-likeness (QED) is 0.446. The van der Waals surface area contributed by atoms with Gasteiger partial charge in [-0.3, -0.25) is 9.59 Å². The number of piperidine rings is 1. The van der Waals surface area contributed by atoms with Crippen LogP contribution in [0.2, 0.25) is 0 Å². The molecule has 0 radical (unpaired) electrons. The molecule has 33 heavy (non-hydrogen) atoms. The van der Waals surface area contributed by atoms with Gasteiger partial charge in [-0.1, -0.05) is 0 Å². The lowest BCUT2D eigenvalue weighted by molar-refractivity contribution is -0.152. The molecule has 0 aliphatic carbocycles. The average molecular weight is 454 g/mol. The fourth-order valence-electron chi connectivity index (χ4n) is 3.56. The van der Waals surface area contributed by atoms with Crippen LogP contribution in [0.25, 0.3) is 11.6 Å². The van der Waals surface area contributed by atoms with Crippen LogP contribution >= 0.6 is 0 Å². The third-order valence-corrected chi connectivity index (χ3v) is 5.31. The van der Waals surface area contributed by atoms with Gasteiger partial charge in [0.1, 0.15) is 11.9 Å². The van der Waals surface area contributed by atoms with Crippen molar-refractivity contribution in [1.82, 2.24) is 0 Å². The topological polar surface area (TPSA) is 122 Å². The predicted molar refractivity (Wildman–Crippen MR) is 120 cm³/mol. The minimum atomic E-state index is -1.02. The maximum absolute atomic E-state index is 11.7. The highest BCUT2D eigenvalue weighted by Crippen LogP contribution is 2.32. The zero-order valence-electron chi connectivity index (χ0n) is 18.6. The summed E-state index contributed by atoms with van der Waals surface area (Å²) in [5.41, 5.74) is 1.10. The normalized spacial score (nSPS) is 14.5. The van der Waals surface area contributed by atoms with Gasteiger partial charge in [0.15, 0.2) is 17.4 Å². The monoisotopic (exact) mass is 454 g/mol. The fourth-order valence-corrected chi connectivity index (χ4v) is 3.56. The van der Waals surface area contributed by atoms with Crippen molar-refractivity contribution in [2.45, 2.75) is 31.8 Å². The van der Waals surface area contributed by atoms with Crippen molar-refractivity contribution in [3.63, 3.8) is 0 Å². The molecular formula is C24H26N2O7. The number of furan rings is 1. The number of hydrogen-bond donors (Lipinski definition) is 1. The summed E-state index contributed by atoms with van der Waals surface area (Å²) in [5, 5.41) is 18.3. The molecule has 2 aromatic rings. The Morgan fingerprint density at radius 3 is 2.52 bits per heavy atom. The molecule has 174 valence electrons. The van der Waals surface area contributed by atoms with Gasteiger partial charge in [-0.25, -0.2) is 0 Å². The lowest BCUT2D eigenvalue weighted by Crippen LogP contribution is -2.37. The number of esters is 1. The van der Waals surface area contributed by atoms with Gasteiger partial charge in [0.05, 0.1) is 38.7 Å². The number of carboxylic acid groups (broad SMARTS) is 1. The predicted octanol–water partition coefficient (Wildman–Crippen LogP) is 3.74. The molecule has 1 fully saturated rings. The average Bonchev–Trinajstić information content (AvgIpc) is 3.30. The number of rotatable bonds is 9. The van der Waals surface area contributed by atoms with Gasteiger partial charge in [-0.2, -0.15) is 5.26 Å². The third-order valence-electron chi connectivity index (χ3n) is 5.31. The summed E-state index contributed by atoms with van der Waals surface area (Å²) in [6.45, 7) is 1.27. The van der Waals surface area contributed by atoms with Crippen molar-refractivity contribution in [1.29, 1.82) is 5.26 Å². The number of carbonyl (C=O) groups excluding carboxylic acids is 1. The number of benzene rings is 1. The van der Waals surface area contributed by atoms with Crippen LogP contribution in [0, 0.1) is 11.3 Å². The van der Waals surface area contributed by atoms with E-state index >= 15 is 0 Å². The number of aliphatic carboxylic acids is 1. The molecule has 1 aromatic heterocycles. The Balaban J connectivity index is 1.62. The molecule has 1 N–H and O–H groups in total. The molecule has 0 saturated carbocycles. The van der Waals surface area contributed by atoms with Crippen molar-refractivity contribution in [3.05, 3.63) is 41.7 Å². The van der Waals surface area contributed by atoms with Crippen molar-refractivity contribution in [2.75, 3.05) is 32.2 Å². The second kappa shape index (κ2) is 11.1. The number of carboxylic acids is 1. The first kappa shape index (κ1) is 23.7. The van der Waals surface area contributed by atoms with E-state index < -0.39 is 11.9 Å². The number of ether oxygens (including phenoxy) is 3. The Morgan fingerprint density at radius 2 is 1.88 bits per heavy atom. The minimum absolute atomic E-state index is 0.120. The van der Waals surface area contributed by atoms with E-state index in [1.54, 1.807) is 37.5 Å². The zero-order chi connectivity index (χ0) is 23.8. The highest BCUT2D eigenvalue weighted by atomic mass is 16.5. The standard InChI is InChI=1S/C24H26N2O7/c1-30-20-5-3-16(14-21(20)31-2)17(15-25)13-19-4-6-22(32-19)26-11-9-18(10-12-26)33-24(29)8-7-23(27)28/h3-6,13-14,18H,7-12H2,1-2H3,(H,27,28). The first-order chi connectivity index (χ1) is 15.9. The molecule has 1 aliphatic rings. The van der Waals surface area contributed by atoms with E-state index in [1.807, 2.05) is 11.0 Å². The van der Waals surface area contributed by atoms with Crippen molar-refractivity contribution in [3.8, 4) is 17.6 Å². The molecule has 1 aliphatic heterocycles. The molecule has 3 rings (SSSR count). The van der Waals surface area contributed by atoms with Crippen LogP contribution in [0.5, 0.6) is 11.5 Å². The SMILES string of the molecule is COc1ccc(C(C#N)=Cc2ccc(N3CCC(OC(=O)CCC(=O)O)CC3)o2)cc1OC. The second-order valence-corrected chi connectivity index (χ2v) is 7.49. The van der Waals surface area contributed by atoms with Crippen LogP contribution in [-0.2, 0) is 14.3 Å². The maximum Gasteiger partial charge on any atom is 0.306 e. The number of allylic oxidation sites excluding steroid dienone is 1. The molecule has 0 bridgehead atoms. The van der Waals surface area contributed by atoms with E-state index in [-0.39, 0.29) is 18.9 Å². The lowest BCUT2D eigenvalue weighted by Gasteiger charge is -2.31. The van der Waals surface area contributed by atoms with E-state index in [0.29, 0.717) is 60.2 Å². The summed E-state index contributed by atoms with van der Waals surface area (Å²) in [4.78, 5) is 24.3. The number of methoxy groups -OCH3 is 2. The molecule has 0 unspecified atom stereocenters. The van der Waals surface area contributed by atoms with E-state index in [9.17, 15) is 14.9 Å². The van der Waals surface area contributed by atoms with E-state index in [0.717, 1.165) is 0 Å². The molecule has 0 spiro atoms. The molecule has 9 nitrogen and oxygen atoms in total. The summed E-state index contributed by atoms with van der Waals surface area (Å²) < 4.78 is 21.8. The zero-order valence-corrected chi connectivity index (χ0v) is 18.6. The fraction of sp³-hybridized carbons (Fsp3) is 0.375. The number of anilines is 1. The summed E-state index contributed by atoms with van der Waals surface area (Å²) in [5.74, 6) is 0.813. The summed E-state index contributed by atoms with van der Waals surface area (Å²) in [7, 11) is 3.09. The van der Waals surface area contributed by atoms with Gasteiger partial charge in [-0.05, 0) is 35.9 Å². The van der Waals surface area contributed by atoms with Crippen LogP contribution in [0.15, 0.2) is 34.7 Å². The molecule has 1 saturated heterocycles. The van der Waals surface area contributed by atoms with Crippen LogP contribution in [0.3, 0.4) is 0 Å². The minimum Gasteiger partial charge on any atom is -0.493 e. The van der Waals surface area contributed by atoms with Gasteiger partial charge < -0.3 is 28.6 Å². The van der Waals surface area contributed by atoms with Gasteiger partial charge in [0, 0.05) is 32.0 Å². The van der Waals surface area contributed by atoms with Crippen LogP contribution < -0.4 is 14.4 Å². The molecule has 2 heterocycles. The molecular weight excluding hydrogens is 428 g/mol. The number of carbonyl (C=O) groups is 2. The molecule has 0 amide bonds. The van der Waals surface area contributed by atoms with Crippen LogP contribution in [0.4, 0.5) is 5.88 Å². The van der Waals surface area contributed by atoms with Crippen molar-refractivity contribution in [2.24, 2.45) is 0 Å². The number of nitrogens with zero attached hydrogens (tertiary/aromatic N) is 2. The van der Waals surface area contributed by atoms with Crippen molar-refractivity contribution >= 4 is 29.5 Å². The highest BCUT2D eigenvalue weighted by molar-refractivity contribution is 5.89. The summed E-state index contributed by atoms with van der Waals surface area (Å²) >= 11 is 0. The highest BCUT2D eigenvalue weighted by Gasteiger charge is 2.24. The van der Waals surface area contributed by atoms with Crippen LogP contribution in [0.1, 0.15) is 37.0 Å². The second-order valence-electron chi connectivity index (χ2n) is 7.49. The number of hydrogen-bond acceptors (Lipinski definition) is 8. The van der Waals surface area contributed by atoms with E-state index in [1.165, 1.54) is 7.11 Å². The largest absolute Gasteiger partial charge is 0.493 e. The van der Waals surface area contributed by atoms with E-state index in [2.05, 4.69) is 6.07 Å². The van der Waals surface area contributed by atoms with Gasteiger partial charge >= 0.3 is 11.9 Å². The first-order valence-electron chi connectivity index (χ1n) is 10.5. The Hall–Kier alpha value is -3.93. The Morgan fingerprint density at radius 1 is 1.15 bits per heavy atom. The summed E-state index contributed by atoms with van der Waals surface area (Å²) in [6, 6.07) is 11.1. The van der Waals surface area contributed by atoms with E-state index in [4.69, 9.17) is 23.7 Å². The van der Waals surface area contributed by atoms with Gasteiger partial charge in [0.25, 0.3) is 0 Å².